The van der Waals surface area contributed by atoms with Crippen LogP contribution in [-0.2, 0) is 4.74 Å². The predicted molar refractivity (Wildman–Crippen MR) is 98.3 cm³/mol. The average Bonchev–Trinajstić information content (AvgIpc) is 2.91. The quantitative estimate of drug-likeness (QED) is 0.780. The molecule has 1 heterocycles. The smallest absolute Gasteiger partial charge is 0.409 e. The Morgan fingerprint density at radius 1 is 1.12 bits per heavy atom. The first-order valence-electron chi connectivity index (χ1n) is 8.64. The maximum Gasteiger partial charge on any atom is 0.409 e. The minimum atomic E-state index is -0.374. The highest BCUT2D eigenvalue weighted by Gasteiger charge is 2.24. The van der Waals surface area contributed by atoms with E-state index in [2.05, 4.69) is 0 Å². The molecule has 26 heavy (non-hydrogen) atoms. The summed E-state index contributed by atoms with van der Waals surface area (Å²) in [5.41, 5.74) is 0.433. The van der Waals surface area contributed by atoms with Gasteiger partial charge in [0.2, 0.25) is 0 Å². The summed E-state index contributed by atoms with van der Waals surface area (Å²) in [4.78, 5) is 27.9. The Morgan fingerprint density at radius 2 is 1.81 bits per heavy atom. The number of halogens is 1. The van der Waals surface area contributed by atoms with Gasteiger partial charge in [0, 0.05) is 31.7 Å². The van der Waals surface area contributed by atoms with Gasteiger partial charge in [0.05, 0.1) is 25.8 Å². The molecule has 0 saturated carbocycles. The summed E-state index contributed by atoms with van der Waals surface area (Å²) in [6.45, 7) is 4.49. The highest BCUT2D eigenvalue weighted by Crippen LogP contribution is 2.37. The molecule has 0 bridgehead atoms. The molecule has 1 fully saturated rings. The van der Waals surface area contributed by atoms with Crippen LogP contribution in [0, 0.1) is 0 Å². The van der Waals surface area contributed by atoms with Gasteiger partial charge in [-0.3, -0.25) is 4.79 Å². The maximum atomic E-state index is 12.9. The van der Waals surface area contributed by atoms with Crippen LogP contribution in [0.3, 0.4) is 0 Å². The molecule has 0 aromatic heterocycles. The fraction of sp³-hybridized carbons (Fsp3) is 0.556. The van der Waals surface area contributed by atoms with E-state index in [-0.39, 0.29) is 12.0 Å². The molecule has 144 valence electrons. The highest BCUT2D eigenvalue weighted by molar-refractivity contribution is 6.32. The van der Waals surface area contributed by atoms with Crippen molar-refractivity contribution in [3.8, 4) is 11.5 Å². The molecule has 0 unspecified atom stereocenters. The molecule has 0 spiro atoms. The van der Waals surface area contributed by atoms with Gasteiger partial charge in [-0.1, -0.05) is 18.5 Å². The molecular weight excluding hydrogens is 360 g/mol. The van der Waals surface area contributed by atoms with Crippen LogP contribution in [-0.4, -0.2) is 68.8 Å². The van der Waals surface area contributed by atoms with Crippen molar-refractivity contribution < 1.29 is 23.8 Å². The van der Waals surface area contributed by atoms with Crippen LogP contribution < -0.4 is 9.47 Å². The van der Waals surface area contributed by atoms with E-state index in [1.165, 1.54) is 14.2 Å². The second-order valence-electron chi connectivity index (χ2n) is 5.94. The summed E-state index contributed by atoms with van der Waals surface area (Å²) in [5, 5.41) is 0.340. The first-order valence-corrected chi connectivity index (χ1v) is 9.02. The summed E-state index contributed by atoms with van der Waals surface area (Å²) in [5.74, 6) is 0.722. The first kappa shape index (κ1) is 20.2. The van der Waals surface area contributed by atoms with Crippen LogP contribution in [0.25, 0.3) is 0 Å². The third-order valence-corrected chi connectivity index (χ3v) is 4.42. The lowest BCUT2D eigenvalue weighted by molar-refractivity contribution is 0.0756. The summed E-state index contributed by atoms with van der Waals surface area (Å²) < 4.78 is 15.7. The van der Waals surface area contributed by atoms with Gasteiger partial charge in [-0.05, 0) is 25.0 Å². The van der Waals surface area contributed by atoms with Crippen molar-refractivity contribution in [3.05, 3.63) is 22.7 Å². The van der Waals surface area contributed by atoms with Crippen molar-refractivity contribution in [2.24, 2.45) is 0 Å². The van der Waals surface area contributed by atoms with Crippen molar-refractivity contribution in [1.82, 2.24) is 9.80 Å². The monoisotopic (exact) mass is 384 g/mol. The van der Waals surface area contributed by atoms with Gasteiger partial charge in [-0.25, -0.2) is 4.79 Å². The second kappa shape index (κ2) is 9.52. The van der Waals surface area contributed by atoms with Crippen LogP contribution >= 0.6 is 11.6 Å². The zero-order valence-corrected chi connectivity index (χ0v) is 16.2. The Morgan fingerprint density at radius 3 is 2.46 bits per heavy atom. The molecule has 8 heteroatoms. The molecular formula is C18H25ClN2O5. The summed E-state index contributed by atoms with van der Waals surface area (Å²) >= 11 is 6.30. The van der Waals surface area contributed by atoms with Crippen molar-refractivity contribution in [3.63, 3.8) is 0 Å². The molecule has 2 rings (SSSR count). The van der Waals surface area contributed by atoms with Crippen LogP contribution in [0.4, 0.5) is 4.79 Å². The number of hydrogen-bond donors (Lipinski definition) is 0. The van der Waals surface area contributed by atoms with E-state index in [9.17, 15) is 9.59 Å². The van der Waals surface area contributed by atoms with Gasteiger partial charge >= 0.3 is 6.09 Å². The zero-order valence-electron chi connectivity index (χ0n) is 15.4. The number of amides is 2. The molecule has 2 amide bonds. The number of carbonyl (C=O) groups excluding carboxylic acids is 2. The molecule has 0 N–H and O–H groups in total. The van der Waals surface area contributed by atoms with Gasteiger partial charge in [0.25, 0.3) is 5.91 Å². The summed E-state index contributed by atoms with van der Waals surface area (Å²) in [6, 6.07) is 3.24. The fourth-order valence-corrected chi connectivity index (χ4v) is 3.07. The Labute approximate surface area is 158 Å². The number of methoxy groups -OCH3 is 2. The van der Waals surface area contributed by atoms with E-state index in [1.807, 2.05) is 6.92 Å². The molecule has 1 aliphatic rings. The lowest BCUT2D eigenvalue weighted by Crippen LogP contribution is -2.37. The molecule has 1 aromatic rings. The Hall–Kier alpha value is -2.15. The van der Waals surface area contributed by atoms with E-state index in [1.54, 1.807) is 21.9 Å². The third kappa shape index (κ3) is 4.72. The van der Waals surface area contributed by atoms with Crippen LogP contribution in [0.15, 0.2) is 12.1 Å². The van der Waals surface area contributed by atoms with E-state index in [0.717, 1.165) is 6.42 Å². The van der Waals surface area contributed by atoms with Gasteiger partial charge in [-0.15, -0.1) is 0 Å². The van der Waals surface area contributed by atoms with Gasteiger partial charge in [0.1, 0.15) is 0 Å². The zero-order chi connectivity index (χ0) is 19.1. The Kier molecular flexibility index (Phi) is 7.38. The summed E-state index contributed by atoms with van der Waals surface area (Å²) in [7, 11) is 2.87. The van der Waals surface area contributed by atoms with Crippen LogP contribution in [0.2, 0.25) is 5.02 Å². The number of benzene rings is 1. The lowest BCUT2D eigenvalue weighted by atomic mass is 10.1. The number of hydrogen-bond acceptors (Lipinski definition) is 5. The Balaban J connectivity index is 2.16. The molecule has 0 radical (unpaired) electrons. The molecule has 1 saturated heterocycles. The largest absolute Gasteiger partial charge is 0.493 e. The fourth-order valence-electron chi connectivity index (χ4n) is 2.80. The SMILES string of the molecule is CCCOc1c(Cl)cc(C(=O)N2CCCN(C(=O)OC)CC2)cc1OC. The van der Waals surface area contributed by atoms with E-state index >= 15 is 0 Å². The lowest BCUT2D eigenvalue weighted by Gasteiger charge is -2.22. The van der Waals surface area contributed by atoms with Gasteiger partial charge in [-0.2, -0.15) is 0 Å². The van der Waals surface area contributed by atoms with Crippen LogP contribution in [0.5, 0.6) is 11.5 Å². The van der Waals surface area contributed by atoms with Crippen LogP contribution in [0.1, 0.15) is 30.1 Å². The number of ether oxygens (including phenoxy) is 3. The third-order valence-electron chi connectivity index (χ3n) is 4.14. The van der Waals surface area contributed by atoms with E-state index in [4.69, 9.17) is 25.8 Å². The minimum absolute atomic E-state index is 0.154. The van der Waals surface area contributed by atoms with Gasteiger partial charge in [0.15, 0.2) is 11.5 Å². The first-order chi connectivity index (χ1) is 12.5. The average molecular weight is 385 g/mol. The normalized spacial score (nSPS) is 14.6. The van der Waals surface area contributed by atoms with E-state index < -0.39 is 0 Å². The number of rotatable bonds is 5. The number of nitrogens with zero attached hydrogens (tertiary/aromatic N) is 2. The predicted octanol–water partition coefficient (Wildman–Crippen LogP) is 3.05. The maximum absolute atomic E-state index is 12.9. The Bertz CT molecular complexity index is 653. The topological polar surface area (TPSA) is 68.3 Å². The molecule has 0 atom stereocenters. The summed E-state index contributed by atoms with van der Waals surface area (Å²) in [6.07, 6.45) is 1.15. The van der Waals surface area contributed by atoms with Crippen molar-refractivity contribution in [2.45, 2.75) is 19.8 Å². The standard InChI is InChI=1S/C18H25ClN2O5/c1-4-10-26-16-14(19)11-13(12-15(16)24-2)17(22)20-6-5-7-21(9-8-20)18(23)25-3/h11-12H,4-10H2,1-3H3. The van der Waals surface area contributed by atoms with Crippen molar-refractivity contribution in [1.29, 1.82) is 0 Å². The molecule has 7 nitrogen and oxygen atoms in total. The highest BCUT2D eigenvalue weighted by atomic mass is 35.5. The molecule has 1 aliphatic heterocycles. The molecule has 0 aliphatic carbocycles. The van der Waals surface area contributed by atoms with Crippen molar-refractivity contribution in [2.75, 3.05) is 47.0 Å². The minimum Gasteiger partial charge on any atom is -0.493 e. The second-order valence-corrected chi connectivity index (χ2v) is 6.35. The molecule has 1 aromatic carbocycles. The van der Waals surface area contributed by atoms with Gasteiger partial charge < -0.3 is 24.0 Å². The number of carbonyl (C=O) groups is 2. The van der Waals surface area contributed by atoms with Crippen molar-refractivity contribution >= 4 is 23.6 Å². The van der Waals surface area contributed by atoms with E-state index in [0.29, 0.717) is 61.3 Å².